The van der Waals surface area contributed by atoms with Crippen molar-refractivity contribution >= 4 is 88.1 Å². The van der Waals surface area contributed by atoms with Crippen LogP contribution in [0.1, 0.15) is 31.4 Å². The Balaban J connectivity index is 0.000000152. The molecule has 0 unspecified atom stereocenters. The van der Waals surface area contributed by atoms with Crippen molar-refractivity contribution < 1.29 is 29.1 Å². The van der Waals surface area contributed by atoms with Gasteiger partial charge in [-0.1, -0.05) is 195 Å². The molecule has 2 aliphatic rings. The second-order valence-electron chi connectivity index (χ2n) is 16.4. The number of sulfone groups is 1. The van der Waals surface area contributed by atoms with Gasteiger partial charge in [-0.3, -0.25) is 0 Å². The molecule has 7 nitrogen and oxygen atoms in total. The molecule has 1 aliphatic carbocycles. The molecule has 7 aromatic carbocycles. The molecule has 1 saturated carbocycles. The van der Waals surface area contributed by atoms with Crippen LogP contribution in [0.3, 0.4) is 0 Å². The number of hydrogen-bond donors (Lipinski definition) is 1. The van der Waals surface area contributed by atoms with Crippen LogP contribution in [0, 0.1) is 0 Å². The van der Waals surface area contributed by atoms with E-state index in [2.05, 4.69) is 187 Å². The number of nitrogens with zero attached hydrogens (tertiary/aromatic N) is 3. The second kappa shape index (κ2) is 26.4. The molecule has 13 heteroatoms. The summed E-state index contributed by atoms with van der Waals surface area (Å²) in [5.41, 5.74) is 7.91. The molecule has 2 N–H and O–H groups in total. The van der Waals surface area contributed by atoms with Gasteiger partial charge in [0.1, 0.15) is 10.6 Å². The Labute approximate surface area is 427 Å². The molecule has 1 aliphatic heterocycles. The van der Waals surface area contributed by atoms with Crippen LogP contribution < -0.4 is 42.5 Å². The fraction of sp³-hybridized carbons (Fsp3) is 0.179. The van der Waals surface area contributed by atoms with Crippen molar-refractivity contribution in [2.75, 3.05) is 43.2 Å². The molecule has 2 heterocycles. The Morgan fingerprint density at radius 1 is 0.551 bits per heavy atom. The number of benzene rings is 7. The van der Waals surface area contributed by atoms with E-state index in [9.17, 15) is 8.42 Å². The average Bonchev–Trinajstić information content (AvgIpc) is 3.92. The summed E-state index contributed by atoms with van der Waals surface area (Å²) in [6, 6.07) is 73.9. The van der Waals surface area contributed by atoms with E-state index >= 15 is 0 Å². The zero-order valence-corrected chi connectivity index (χ0v) is 44.1. The number of nitrogen functional groups attached to an aromatic ring is 1. The molecule has 1 saturated heterocycles. The second-order valence-corrected chi connectivity index (χ2v) is 25.5. The van der Waals surface area contributed by atoms with Crippen molar-refractivity contribution in [1.29, 1.82) is 0 Å². The van der Waals surface area contributed by atoms with Crippen molar-refractivity contribution in [1.82, 2.24) is 9.97 Å². The molecule has 10 rings (SSSR count). The summed E-state index contributed by atoms with van der Waals surface area (Å²) >= 11 is -0.106. The minimum atomic E-state index is -3.32. The topological polar surface area (TPSA) is 98.4 Å². The van der Waals surface area contributed by atoms with E-state index in [1.165, 1.54) is 38.1 Å². The minimum Gasteiger partial charge on any atom is -0.0622 e. The van der Waals surface area contributed by atoms with Crippen LogP contribution in [-0.2, 0) is 35.3 Å². The fourth-order valence-electron chi connectivity index (χ4n) is 8.50. The van der Waals surface area contributed by atoms with Gasteiger partial charge in [0.25, 0.3) is 0 Å². The van der Waals surface area contributed by atoms with Gasteiger partial charge < -0.3 is 15.4 Å². The van der Waals surface area contributed by atoms with Crippen LogP contribution in [0.5, 0.6) is 0 Å². The standard InChI is InChI=1S/C20H26N4O3S.2C18H15P.2ClH.Pd/c1-28(25,26)20(8-2-3-9-20)17-14-18(24-10-12-27-13-11-24)23-19(22-17)15-4-6-16(21)7-5-15;2*1-4-10-16(11-5-1)19(17-12-6-2-7-13-17)18-14-8-3-9-15-18;;;/h4-7,14H,2-3,8-13,21H2,1H3;2*1-15H;2*1H;/q;;;;;+2/p-2. The average molecular weight is 1100 g/mol. The van der Waals surface area contributed by atoms with Crippen molar-refractivity contribution in [2.24, 2.45) is 0 Å². The summed E-state index contributed by atoms with van der Waals surface area (Å²) in [6.45, 7) is 2.72. The molecule has 0 spiro atoms. The number of anilines is 2. The Bertz CT molecular complexity index is 2550. The first-order valence-corrected chi connectivity index (χ1v) is 31.3. The number of aromatic nitrogens is 2. The summed E-state index contributed by atoms with van der Waals surface area (Å²) in [5.74, 6) is 1.30. The van der Waals surface area contributed by atoms with E-state index < -0.39 is 30.4 Å². The van der Waals surface area contributed by atoms with E-state index in [0.29, 0.717) is 43.3 Å². The summed E-state index contributed by atoms with van der Waals surface area (Å²) < 4.78 is 30.2. The van der Waals surface area contributed by atoms with E-state index in [1.54, 1.807) is 0 Å². The van der Waals surface area contributed by atoms with Crippen LogP contribution >= 0.6 is 34.9 Å². The first kappa shape index (κ1) is 52.1. The molecule has 1 aromatic heterocycles. The predicted molar refractivity (Wildman–Crippen MR) is 292 cm³/mol. The van der Waals surface area contributed by atoms with E-state index in [4.69, 9.17) is 39.5 Å². The number of rotatable bonds is 10. The van der Waals surface area contributed by atoms with E-state index in [0.717, 1.165) is 37.3 Å². The monoisotopic (exact) mass is 1100 g/mol. The molecular formula is C56H56Cl2N4O3P2PdS. The maximum absolute atomic E-state index is 12.8. The van der Waals surface area contributed by atoms with Gasteiger partial charge in [-0.15, -0.1) is 0 Å². The maximum Gasteiger partial charge on any atom is -0.0134 e. The molecule has 358 valence electrons. The molecule has 69 heavy (non-hydrogen) atoms. The molecule has 0 amide bonds. The smallest absolute Gasteiger partial charge is 0.0134 e. The zero-order valence-electron chi connectivity index (χ0n) is 38.4. The van der Waals surface area contributed by atoms with Gasteiger partial charge in [0.05, 0.1) is 18.9 Å². The number of ether oxygens (including phenoxy) is 1. The summed E-state index contributed by atoms with van der Waals surface area (Å²) in [7, 11) is 5.41. The third kappa shape index (κ3) is 14.2. The summed E-state index contributed by atoms with van der Waals surface area (Å²) in [6.07, 6.45) is 4.32. The van der Waals surface area contributed by atoms with Crippen molar-refractivity contribution in [3.05, 3.63) is 218 Å². The van der Waals surface area contributed by atoms with Gasteiger partial charge in [-0.05, 0) is 84.8 Å². The third-order valence-corrected chi connectivity index (χ3v) is 18.8. The quantitative estimate of drug-likeness (QED) is 0.0828. The number of nitrogens with two attached hydrogens (primary N) is 1. The Morgan fingerprint density at radius 2 is 0.884 bits per heavy atom. The van der Waals surface area contributed by atoms with Crippen LogP contribution in [0.25, 0.3) is 11.4 Å². The number of hydrogen-bond acceptors (Lipinski definition) is 7. The van der Waals surface area contributed by atoms with Gasteiger partial charge in [0.2, 0.25) is 0 Å². The zero-order chi connectivity index (χ0) is 48.3. The van der Waals surface area contributed by atoms with Gasteiger partial charge >= 0.3 is 35.0 Å². The van der Waals surface area contributed by atoms with Crippen LogP contribution in [-0.4, -0.2) is 50.9 Å². The van der Waals surface area contributed by atoms with Crippen LogP contribution in [0.2, 0.25) is 0 Å². The van der Waals surface area contributed by atoms with Gasteiger partial charge in [-0.25, -0.2) is 18.4 Å². The fourth-order valence-corrected chi connectivity index (χ4v) is 14.6. The van der Waals surface area contributed by atoms with Gasteiger partial charge in [-0.2, -0.15) is 0 Å². The molecule has 0 bridgehead atoms. The third-order valence-electron chi connectivity index (χ3n) is 11.9. The van der Waals surface area contributed by atoms with E-state index in [-0.39, 0.29) is 15.9 Å². The Morgan fingerprint density at radius 3 is 1.20 bits per heavy atom. The van der Waals surface area contributed by atoms with Gasteiger partial charge in [0.15, 0.2) is 15.7 Å². The van der Waals surface area contributed by atoms with Crippen molar-refractivity contribution in [3.63, 3.8) is 0 Å². The molecule has 8 aromatic rings. The largest absolute Gasteiger partial charge is 0.0622 e. The summed E-state index contributed by atoms with van der Waals surface area (Å²) in [4.78, 5) is 11.7. The first-order chi connectivity index (χ1) is 33.7. The molecule has 2 fully saturated rings. The SMILES string of the molecule is CS(=O)(=O)C1(c2cc(N3CCOCC3)nc(-c3ccc(N)cc3)n2)CCCC1.[Cl][Pd][Cl].c1ccc(P(c2ccccc2)c2ccccc2)cc1.c1ccc(P(c2ccccc2)c2ccccc2)cc1. The van der Waals surface area contributed by atoms with Crippen LogP contribution in [0.15, 0.2) is 212 Å². The first-order valence-electron chi connectivity index (χ1n) is 22.7. The van der Waals surface area contributed by atoms with E-state index in [1.807, 2.05) is 30.3 Å². The van der Waals surface area contributed by atoms with Gasteiger partial charge in [0, 0.05) is 36.7 Å². The summed E-state index contributed by atoms with van der Waals surface area (Å²) in [5, 5.41) is 8.39. The minimum absolute atomic E-state index is 0.106. The maximum atomic E-state index is 12.8. The number of halogens is 2. The molecule has 0 radical (unpaired) electrons. The predicted octanol–water partition coefficient (Wildman–Crippen LogP) is 10.6. The molecular weight excluding hydrogens is 1050 g/mol. The Kier molecular flexibility index (Phi) is 20.0. The molecule has 0 atom stereocenters. The van der Waals surface area contributed by atoms with Crippen LogP contribution in [0.4, 0.5) is 11.5 Å². The van der Waals surface area contributed by atoms with Crippen molar-refractivity contribution in [3.8, 4) is 11.4 Å². The normalized spacial score (nSPS) is 14.1. The van der Waals surface area contributed by atoms with Crippen molar-refractivity contribution in [2.45, 2.75) is 30.4 Å². The number of morpholine rings is 1. The Hall–Kier alpha value is -4.77.